The first kappa shape index (κ1) is 14.0. The zero-order chi connectivity index (χ0) is 14.0. The van der Waals surface area contributed by atoms with E-state index in [1.807, 2.05) is 0 Å². The minimum atomic E-state index is -2.82. The molecule has 2 aliphatic rings. The number of methoxy groups -OCH3 is 1. The summed E-state index contributed by atoms with van der Waals surface area (Å²) in [6.07, 6.45) is 0.162. The molecule has 1 unspecified atom stereocenters. The summed E-state index contributed by atoms with van der Waals surface area (Å²) in [5.41, 5.74) is 0. The Morgan fingerprint density at radius 3 is 2.58 bits per heavy atom. The third kappa shape index (κ3) is 2.94. The molecular formula is C11H16F2N2O4. The van der Waals surface area contributed by atoms with Crippen molar-refractivity contribution in [2.75, 3.05) is 26.7 Å². The molecule has 2 amide bonds. The van der Waals surface area contributed by atoms with Crippen LogP contribution in [0.3, 0.4) is 0 Å². The molecule has 19 heavy (non-hydrogen) atoms. The second-order valence-corrected chi connectivity index (χ2v) is 4.58. The maximum atomic E-state index is 12.1. The highest BCUT2D eigenvalue weighted by Gasteiger charge is 2.41. The maximum absolute atomic E-state index is 12.1. The number of nitrogens with zero attached hydrogens (tertiary/aromatic N) is 2. The van der Waals surface area contributed by atoms with Crippen LogP contribution in [0.2, 0.25) is 0 Å². The molecule has 0 aromatic heterocycles. The molecule has 6 nitrogen and oxygen atoms in total. The lowest BCUT2D eigenvalue weighted by atomic mass is 10.1. The fourth-order valence-corrected chi connectivity index (χ4v) is 2.42. The van der Waals surface area contributed by atoms with Crippen LogP contribution in [0.1, 0.15) is 12.8 Å². The highest BCUT2D eigenvalue weighted by molar-refractivity contribution is 5.86. The Morgan fingerprint density at radius 2 is 2.00 bits per heavy atom. The molecule has 2 saturated heterocycles. The van der Waals surface area contributed by atoms with Gasteiger partial charge in [-0.05, 0) is 12.8 Å². The first-order valence-electron chi connectivity index (χ1n) is 6.10. The van der Waals surface area contributed by atoms with Gasteiger partial charge in [0.25, 0.3) is 0 Å². The van der Waals surface area contributed by atoms with Gasteiger partial charge in [0.05, 0.1) is 13.2 Å². The van der Waals surface area contributed by atoms with Crippen LogP contribution in [0.15, 0.2) is 0 Å². The summed E-state index contributed by atoms with van der Waals surface area (Å²) < 4.78 is 32.8. The Bertz CT molecular complexity index is 361. The first-order valence-corrected chi connectivity index (χ1v) is 6.10. The van der Waals surface area contributed by atoms with E-state index in [-0.39, 0.29) is 19.0 Å². The van der Waals surface area contributed by atoms with Gasteiger partial charge in [-0.3, -0.25) is 9.69 Å². The van der Waals surface area contributed by atoms with Crippen molar-refractivity contribution in [2.45, 2.75) is 31.6 Å². The van der Waals surface area contributed by atoms with Crippen molar-refractivity contribution in [1.29, 1.82) is 0 Å². The Morgan fingerprint density at radius 1 is 1.32 bits per heavy atom. The monoisotopic (exact) mass is 278 g/mol. The average molecular weight is 278 g/mol. The van der Waals surface area contributed by atoms with Crippen molar-refractivity contribution in [1.82, 2.24) is 9.80 Å². The Kier molecular flexibility index (Phi) is 4.18. The summed E-state index contributed by atoms with van der Waals surface area (Å²) in [5, 5.41) is 0. The molecular weight excluding hydrogens is 262 g/mol. The van der Waals surface area contributed by atoms with Gasteiger partial charge in [-0.2, -0.15) is 8.78 Å². The van der Waals surface area contributed by atoms with Gasteiger partial charge in [0.2, 0.25) is 5.91 Å². The van der Waals surface area contributed by atoms with Crippen molar-refractivity contribution < 1.29 is 27.8 Å². The maximum Gasteiger partial charge on any atom is 0.410 e. The van der Waals surface area contributed by atoms with Crippen molar-refractivity contribution >= 4 is 12.0 Å². The van der Waals surface area contributed by atoms with E-state index in [0.717, 1.165) is 6.42 Å². The van der Waals surface area contributed by atoms with Crippen LogP contribution in [0.5, 0.6) is 0 Å². The summed E-state index contributed by atoms with van der Waals surface area (Å²) >= 11 is 0. The van der Waals surface area contributed by atoms with Gasteiger partial charge in [0.15, 0.2) is 0 Å². The van der Waals surface area contributed by atoms with Gasteiger partial charge < -0.3 is 14.4 Å². The molecule has 0 N–H and O–H groups in total. The van der Waals surface area contributed by atoms with E-state index in [9.17, 15) is 18.4 Å². The first-order chi connectivity index (χ1) is 9.02. The zero-order valence-electron chi connectivity index (χ0n) is 10.6. The number of ether oxygens (including phenoxy) is 2. The summed E-state index contributed by atoms with van der Waals surface area (Å²) in [6.45, 7) is -2.04. The molecule has 0 radical (unpaired) electrons. The Hall–Kier alpha value is -1.44. The van der Waals surface area contributed by atoms with E-state index in [2.05, 4.69) is 9.47 Å². The minimum absolute atomic E-state index is 0.148. The summed E-state index contributed by atoms with van der Waals surface area (Å²) in [4.78, 5) is 26.4. The van der Waals surface area contributed by atoms with Gasteiger partial charge in [0, 0.05) is 19.6 Å². The number of hydrogen-bond donors (Lipinski definition) is 0. The van der Waals surface area contributed by atoms with Crippen molar-refractivity contribution in [3.63, 3.8) is 0 Å². The highest BCUT2D eigenvalue weighted by atomic mass is 19.3. The molecule has 0 spiro atoms. The molecule has 2 fully saturated rings. The number of likely N-dealkylation sites (tertiary alicyclic amines) is 2. The minimum Gasteiger partial charge on any atom is -0.453 e. The predicted octanol–water partition coefficient (Wildman–Crippen LogP) is 0.667. The highest BCUT2D eigenvalue weighted by Crippen LogP contribution is 2.23. The van der Waals surface area contributed by atoms with Gasteiger partial charge in [-0.1, -0.05) is 0 Å². The number of hydrogen-bond acceptors (Lipinski definition) is 4. The number of amides is 2. The van der Waals surface area contributed by atoms with Gasteiger partial charge in [-0.25, -0.2) is 4.79 Å². The van der Waals surface area contributed by atoms with Crippen LogP contribution in [-0.2, 0) is 14.3 Å². The van der Waals surface area contributed by atoms with Crippen LogP contribution in [0.4, 0.5) is 13.6 Å². The predicted molar refractivity (Wildman–Crippen MR) is 59.6 cm³/mol. The van der Waals surface area contributed by atoms with E-state index >= 15 is 0 Å². The topological polar surface area (TPSA) is 59.1 Å². The molecule has 0 aliphatic carbocycles. The molecule has 2 heterocycles. The molecule has 2 aliphatic heterocycles. The molecule has 1 atom stereocenters. The average Bonchev–Trinajstić information content (AvgIpc) is 2.80. The lowest BCUT2D eigenvalue weighted by Crippen LogP contribution is -2.59. The number of alkyl halides is 2. The van der Waals surface area contributed by atoms with Crippen LogP contribution >= 0.6 is 0 Å². The summed E-state index contributed by atoms with van der Waals surface area (Å²) in [6, 6.07) is -0.542. The van der Waals surface area contributed by atoms with E-state index in [1.165, 1.54) is 16.9 Å². The van der Waals surface area contributed by atoms with Crippen molar-refractivity contribution in [2.24, 2.45) is 0 Å². The molecule has 2 rings (SSSR count). The van der Waals surface area contributed by atoms with Crippen LogP contribution in [0.25, 0.3) is 0 Å². The third-order valence-electron chi connectivity index (χ3n) is 3.40. The Balaban J connectivity index is 1.85. The largest absolute Gasteiger partial charge is 0.453 e. The van der Waals surface area contributed by atoms with Gasteiger partial charge in [-0.15, -0.1) is 0 Å². The third-order valence-corrected chi connectivity index (χ3v) is 3.40. The molecule has 0 aromatic rings. The fraction of sp³-hybridized carbons (Fsp3) is 0.818. The van der Waals surface area contributed by atoms with Crippen molar-refractivity contribution in [3.05, 3.63) is 0 Å². The number of carbonyl (C=O) groups excluding carboxylic acids is 2. The fourth-order valence-electron chi connectivity index (χ4n) is 2.42. The van der Waals surface area contributed by atoms with Crippen LogP contribution in [-0.4, -0.2) is 67.3 Å². The molecule has 0 bridgehead atoms. The lowest BCUT2D eigenvalue weighted by molar-refractivity contribution is -0.200. The van der Waals surface area contributed by atoms with Gasteiger partial charge in [0.1, 0.15) is 6.04 Å². The molecule has 0 saturated carbocycles. The number of halogens is 2. The van der Waals surface area contributed by atoms with E-state index in [4.69, 9.17) is 0 Å². The Labute approximate surface area is 109 Å². The normalized spacial score (nSPS) is 23.7. The number of carbonyl (C=O) groups is 2. The molecule has 8 heteroatoms. The zero-order valence-corrected chi connectivity index (χ0v) is 10.6. The lowest BCUT2D eigenvalue weighted by Gasteiger charge is -2.40. The summed E-state index contributed by atoms with van der Waals surface area (Å²) in [5.74, 6) is -0.225. The van der Waals surface area contributed by atoms with Crippen LogP contribution in [0, 0.1) is 0 Å². The van der Waals surface area contributed by atoms with E-state index in [1.54, 1.807) is 0 Å². The number of rotatable bonds is 3. The van der Waals surface area contributed by atoms with Gasteiger partial charge >= 0.3 is 12.7 Å². The SMILES string of the molecule is COC(=O)N1CCCC1C(=O)N1CC(OC(F)F)C1. The summed E-state index contributed by atoms with van der Waals surface area (Å²) in [7, 11) is 1.26. The van der Waals surface area contributed by atoms with E-state index in [0.29, 0.717) is 13.0 Å². The quantitative estimate of drug-likeness (QED) is 0.761. The van der Waals surface area contributed by atoms with E-state index < -0.39 is 24.9 Å². The second-order valence-electron chi connectivity index (χ2n) is 4.58. The second kappa shape index (κ2) is 5.68. The molecule has 108 valence electrons. The standard InChI is InChI=1S/C11H16F2N2O4/c1-18-11(17)15-4-2-3-8(15)9(16)14-5-7(6-14)19-10(12)13/h7-8,10H,2-6H2,1H3. The smallest absolute Gasteiger partial charge is 0.410 e. The molecule has 0 aromatic carbocycles. The van der Waals surface area contributed by atoms with Crippen LogP contribution < -0.4 is 0 Å². The van der Waals surface area contributed by atoms with Crippen molar-refractivity contribution in [3.8, 4) is 0 Å².